The van der Waals surface area contributed by atoms with Gasteiger partial charge in [0.25, 0.3) is 0 Å². The molecule has 0 aromatic carbocycles. The molecule has 1 amide bonds. The predicted molar refractivity (Wildman–Crippen MR) is 45.5 cm³/mol. The Labute approximate surface area is 72.6 Å². The number of hydrogen-bond donors (Lipinski definition) is 2. The van der Waals surface area contributed by atoms with Gasteiger partial charge in [-0.1, -0.05) is 6.42 Å². The topological polar surface area (TPSA) is 50.4 Å². The van der Waals surface area contributed by atoms with Crippen LogP contribution in [0.5, 0.6) is 0 Å². The maximum Gasteiger partial charge on any atom is 0.421 e. The van der Waals surface area contributed by atoms with Crippen molar-refractivity contribution in [2.24, 2.45) is 0 Å². The highest BCUT2D eigenvalue weighted by Gasteiger charge is 2.16. The Kier molecular flexibility index (Phi) is 3.87. The first-order valence-corrected chi connectivity index (χ1v) is 4.46. The van der Waals surface area contributed by atoms with Crippen molar-refractivity contribution in [3.05, 3.63) is 0 Å². The molecule has 0 heterocycles. The molecule has 0 aliphatic heterocycles. The third-order valence-corrected chi connectivity index (χ3v) is 2.05. The lowest BCUT2D eigenvalue weighted by atomic mass is 9.98. The predicted octanol–water partition coefficient (Wildman–Crippen LogP) is 1.18. The Morgan fingerprint density at radius 3 is 2.58 bits per heavy atom. The number of hydrazine groups is 1. The number of amides is 1. The Morgan fingerprint density at radius 2 is 2.00 bits per heavy atom. The zero-order valence-corrected chi connectivity index (χ0v) is 7.43. The number of hydrogen-bond acceptors (Lipinski definition) is 3. The van der Waals surface area contributed by atoms with Crippen LogP contribution in [0.3, 0.4) is 0 Å². The molecule has 4 heteroatoms. The lowest BCUT2D eigenvalue weighted by Crippen LogP contribution is -2.37. The molecular formula is C8H16N2O2. The lowest BCUT2D eigenvalue weighted by molar-refractivity contribution is 0.0730. The molecule has 0 atom stereocenters. The summed E-state index contributed by atoms with van der Waals surface area (Å²) in [4.78, 5) is 10.9. The van der Waals surface area contributed by atoms with Gasteiger partial charge in [-0.15, -0.1) is 0 Å². The van der Waals surface area contributed by atoms with E-state index in [-0.39, 0.29) is 12.2 Å². The van der Waals surface area contributed by atoms with E-state index in [1.807, 2.05) is 0 Å². The van der Waals surface area contributed by atoms with E-state index in [9.17, 15) is 4.79 Å². The van der Waals surface area contributed by atoms with Crippen molar-refractivity contribution in [1.29, 1.82) is 0 Å². The van der Waals surface area contributed by atoms with Gasteiger partial charge < -0.3 is 4.74 Å². The van der Waals surface area contributed by atoms with Gasteiger partial charge >= 0.3 is 6.09 Å². The van der Waals surface area contributed by atoms with Crippen molar-refractivity contribution in [3.63, 3.8) is 0 Å². The van der Waals surface area contributed by atoms with Crippen LogP contribution in [0.4, 0.5) is 4.79 Å². The molecule has 0 unspecified atom stereocenters. The van der Waals surface area contributed by atoms with E-state index in [2.05, 4.69) is 10.9 Å². The van der Waals surface area contributed by atoms with Crippen molar-refractivity contribution in [2.45, 2.75) is 38.2 Å². The summed E-state index contributed by atoms with van der Waals surface area (Å²) in [6, 6.07) is 0. The van der Waals surface area contributed by atoms with Crippen molar-refractivity contribution in [3.8, 4) is 0 Å². The van der Waals surface area contributed by atoms with Crippen LogP contribution in [0.25, 0.3) is 0 Å². The standard InChI is InChI=1S/C8H16N2O2/c1-9-10-8(11)12-7-5-3-2-4-6-7/h7,9H,2-6H2,1H3,(H,10,11). The summed E-state index contributed by atoms with van der Waals surface area (Å²) < 4.78 is 5.12. The minimum Gasteiger partial charge on any atom is -0.445 e. The van der Waals surface area contributed by atoms with E-state index in [0.29, 0.717) is 0 Å². The Hall–Kier alpha value is -0.770. The maximum atomic E-state index is 10.9. The largest absolute Gasteiger partial charge is 0.445 e. The summed E-state index contributed by atoms with van der Waals surface area (Å²) in [7, 11) is 1.64. The fraction of sp³-hybridized carbons (Fsp3) is 0.875. The normalized spacial score (nSPS) is 18.8. The molecule has 70 valence electrons. The van der Waals surface area contributed by atoms with Gasteiger partial charge in [-0.3, -0.25) is 5.43 Å². The highest BCUT2D eigenvalue weighted by Crippen LogP contribution is 2.19. The molecule has 1 rings (SSSR count). The number of ether oxygens (including phenoxy) is 1. The Morgan fingerprint density at radius 1 is 1.33 bits per heavy atom. The van der Waals surface area contributed by atoms with Crippen molar-refractivity contribution in [2.75, 3.05) is 7.05 Å². The van der Waals surface area contributed by atoms with Crippen LogP contribution in [-0.2, 0) is 4.74 Å². The third kappa shape index (κ3) is 3.09. The number of nitrogens with one attached hydrogen (secondary N) is 2. The average molecular weight is 172 g/mol. The molecule has 0 saturated heterocycles. The molecule has 12 heavy (non-hydrogen) atoms. The van der Waals surface area contributed by atoms with Gasteiger partial charge in [-0.05, 0) is 25.7 Å². The van der Waals surface area contributed by atoms with Crippen LogP contribution in [0.15, 0.2) is 0 Å². The van der Waals surface area contributed by atoms with Gasteiger partial charge in [0.1, 0.15) is 6.10 Å². The molecule has 4 nitrogen and oxygen atoms in total. The first-order valence-electron chi connectivity index (χ1n) is 4.46. The summed E-state index contributed by atoms with van der Waals surface area (Å²) in [6.45, 7) is 0. The molecular weight excluding hydrogens is 156 g/mol. The number of rotatable bonds is 2. The van der Waals surface area contributed by atoms with E-state index in [1.54, 1.807) is 7.05 Å². The Bertz CT molecular complexity index is 144. The van der Waals surface area contributed by atoms with Crippen LogP contribution in [0.2, 0.25) is 0 Å². The summed E-state index contributed by atoms with van der Waals surface area (Å²) in [5.74, 6) is 0. The number of carbonyl (C=O) groups excluding carboxylic acids is 1. The molecule has 1 fully saturated rings. The molecule has 1 aliphatic carbocycles. The van der Waals surface area contributed by atoms with E-state index < -0.39 is 0 Å². The van der Waals surface area contributed by atoms with Crippen molar-refractivity contribution < 1.29 is 9.53 Å². The van der Waals surface area contributed by atoms with Crippen LogP contribution >= 0.6 is 0 Å². The zero-order valence-electron chi connectivity index (χ0n) is 7.43. The molecule has 0 aromatic rings. The van der Waals surface area contributed by atoms with Crippen molar-refractivity contribution >= 4 is 6.09 Å². The summed E-state index contributed by atoms with van der Waals surface area (Å²) >= 11 is 0. The number of carbonyl (C=O) groups is 1. The summed E-state index contributed by atoms with van der Waals surface area (Å²) in [6.07, 6.45) is 5.41. The highest BCUT2D eigenvalue weighted by atomic mass is 16.6. The highest BCUT2D eigenvalue weighted by molar-refractivity contribution is 5.66. The quantitative estimate of drug-likeness (QED) is 0.615. The van der Waals surface area contributed by atoms with E-state index in [0.717, 1.165) is 12.8 Å². The van der Waals surface area contributed by atoms with Crippen LogP contribution < -0.4 is 10.9 Å². The van der Waals surface area contributed by atoms with Crippen molar-refractivity contribution in [1.82, 2.24) is 10.9 Å². The minimum atomic E-state index is -0.371. The monoisotopic (exact) mass is 172 g/mol. The van der Waals surface area contributed by atoms with Gasteiger partial charge in [-0.2, -0.15) is 0 Å². The molecule has 1 aliphatic rings. The molecule has 2 N–H and O–H groups in total. The molecule has 0 bridgehead atoms. The van der Waals surface area contributed by atoms with Crippen LogP contribution in [0.1, 0.15) is 32.1 Å². The van der Waals surface area contributed by atoms with Gasteiger partial charge in [0, 0.05) is 7.05 Å². The van der Waals surface area contributed by atoms with Gasteiger partial charge in [0.2, 0.25) is 0 Å². The second-order valence-corrected chi connectivity index (χ2v) is 3.04. The smallest absolute Gasteiger partial charge is 0.421 e. The Balaban J connectivity index is 2.15. The third-order valence-electron chi connectivity index (χ3n) is 2.05. The fourth-order valence-electron chi connectivity index (χ4n) is 1.47. The fourth-order valence-corrected chi connectivity index (χ4v) is 1.47. The molecule has 0 radical (unpaired) electrons. The molecule has 1 saturated carbocycles. The second kappa shape index (κ2) is 4.98. The van der Waals surface area contributed by atoms with Gasteiger partial charge in [0.05, 0.1) is 0 Å². The van der Waals surface area contributed by atoms with Crippen LogP contribution in [0, 0.1) is 0 Å². The maximum absolute atomic E-state index is 10.9. The molecule has 0 spiro atoms. The van der Waals surface area contributed by atoms with Crippen LogP contribution in [-0.4, -0.2) is 19.2 Å². The average Bonchev–Trinajstić information content (AvgIpc) is 2.06. The SMILES string of the molecule is CNNC(=O)OC1CCCCC1. The second-order valence-electron chi connectivity index (χ2n) is 3.04. The lowest BCUT2D eigenvalue weighted by Gasteiger charge is -2.21. The van der Waals surface area contributed by atoms with E-state index in [4.69, 9.17) is 4.74 Å². The summed E-state index contributed by atoms with van der Waals surface area (Å²) in [5, 5.41) is 0. The van der Waals surface area contributed by atoms with E-state index in [1.165, 1.54) is 19.3 Å². The van der Waals surface area contributed by atoms with Gasteiger partial charge in [-0.25, -0.2) is 10.2 Å². The first-order chi connectivity index (χ1) is 5.83. The zero-order chi connectivity index (χ0) is 8.81. The summed E-state index contributed by atoms with van der Waals surface area (Å²) in [5.41, 5.74) is 4.91. The first kappa shape index (κ1) is 9.32. The molecule has 0 aromatic heterocycles. The van der Waals surface area contributed by atoms with Gasteiger partial charge in [0.15, 0.2) is 0 Å². The van der Waals surface area contributed by atoms with E-state index >= 15 is 0 Å². The minimum absolute atomic E-state index is 0.132.